The molecule has 7 nitrogen and oxygen atoms in total. The molecule has 0 heterocycles. The molecule has 1 fully saturated rings. The molecule has 0 bridgehead atoms. The van der Waals surface area contributed by atoms with Crippen LogP contribution in [0.1, 0.15) is 54.4 Å². The van der Waals surface area contributed by atoms with E-state index in [1.54, 1.807) is 41.3 Å². The van der Waals surface area contributed by atoms with Gasteiger partial charge >= 0.3 is 0 Å². The number of hydrogen-bond acceptors (Lipinski definition) is 4. The van der Waals surface area contributed by atoms with Gasteiger partial charge in [-0.05, 0) is 74.2 Å². The highest BCUT2D eigenvalue weighted by atomic mass is 79.9. The maximum Gasteiger partial charge on any atom is 0.264 e. The number of anilines is 1. The van der Waals surface area contributed by atoms with E-state index in [0.29, 0.717) is 5.69 Å². The molecule has 5 rings (SSSR count). The van der Waals surface area contributed by atoms with E-state index in [0.717, 1.165) is 63.1 Å². The summed E-state index contributed by atoms with van der Waals surface area (Å²) in [5.41, 5.74) is 3.99. The van der Waals surface area contributed by atoms with Crippen LogP contribution in [0.2, 0.25) is 0 Å². The normalized spacial score (nSPS) is 14.3. The number of nitrogens with zero attached hydrogens (tertiary/aromatic N) is 2. The van der Waals surface area contributed by atoms with Gasteiger partial charge in [-0.25, -0.2) is 8.42 Å². The van der Waals surface area contributed by atoms with Gasteiger partial charge in [0.1, 0.15) is 12.6 Å². The second-order valence-corrected chi connectivity index (χ2v) is 15.1. The van der Waals surface area contributed by atoms with E-state index >= 15 is 0 Å². The number of halogens is 1. The van der Waals surface area contributed by atoms with Gasteiger partial charge < -0.3 is 10.2 Å². The third-order valence-electron chi connectivity index (χ3n) is 8.67. The van der Waals surface area contributed by atoms with Crippen LogP contribution in [0.4, 0.5) is 5.69 Å². The van der Waals surface area contributed by atoms with E-state index in [4.69, 9.17) is 0 Å². The van der Waals surface area contributed by atoms with Crippen molar-refractivity contribution in [1.29, 1.82) is 0 Å². The molecule has 0 unspecified atom stereocenters. The molecule has 4 aromatic carbocycles. The summed E-state index contributed by atoms with van der Waals surface area (Å²) >= 11 is 3.54. The quantitative estimate of drug-likeness (QED) is 0.166. The van der Waals surface area contributed by atoms with Crippen molar-refractivity contribution < 1.29 is 18.0 Å². The maximum absolute atomic E-state index is 14.7. The number of amides is 2. The molecule has 1 aliphatic rings. The third-order valence-corrected chi connectivity index (χ3v) is 11.0. The number of aryl methyl sites for hydroxylation is 2. The SMILES string of the molecule is Cc1ccc(N(CC(=O)N(Cc2cccc(Br)c2)[C@H](Cc2ccccc2)C(=O)NC2CCCCC2)S(=O)(=O)c2ccc(C)cc2)cc1. The summed E-state index contributed by atoms with van der Waals surface area (Å²) in [4.78, 5) is 30.5. The minimum absolute atomic E-state index is 0.0447. The van der Waals surface area contributed by atoms with Crippen LogP contribution in [0, 0.1) is 13.8 Å². The van der Waals surface area contributed by atoms with Gasteiger partial charge in [-0.15, -0.1) is 0 Å². The molecular weight excluding hydrogens is 674 g/mol. The molecule has 9 heteroatoms. The summed E-state index contributed by atoms with van der Waals surface area (Å²) in [5.74, 6) is -0.701. The zero-order valence-electron chi connectivity index (χ0n) is 26.9. The minimum Gasteiger partial charge on any atom is -0.352 e. The van der Waals surface area contributed by atoms with Gasteiger partial charge in [0.2, 0.25) is 11.8 Å². The van der Waals surface area contributed by atoms with Gasteiger partial charge in [-0.1, -0.05) is 113 Å². The molecule has 246 valence electrons. The number of benzene rings is 4. The zero-order chi connectivity index (χ0) is 33.4. The second-order valence-electron chi connectivity index (χ2n) is 12.4. The summed E-state index contributed by atoms with van der Waals surface area (Å²) in [7, 11) is -4.14. The van der Waals surface area contributed by atoms with Crippen molar-refractivity contribution in [3.05, 3.63) is 130 Å². The Morgan fingerprint density at radius 1 is 0.809 bits per heavy atom. The number of sulfonamides is 1. The van der Waals surface area contributed by atoms with Crippen LogP contribution in [-0.4, -0.2) is 43.8 Å². The van der Waals surface area contributed by atoms with E-state index < -0.39 is 28.5 Å². The van der Waals surface area contributed by atoms with Crippen molar-refractivity contribution in [2.45, 2.75) is 75.9 Å². The summed E-state index contributed by atoms with van der Waals surface area (Å²) in [5, 5.41) is 3.25. The molecule has 1 atom stereocenters. The molecule has 2 amide bonds. The lowest BCUT2D eigenvalue weighted by atomic mass is 9.94. The average molecular weight is 717 g/mol. The Balaban J connectivity index is 1.56. The predicted molar refractivity (Wildman–Crippen MR) is 191 cm³/mol. The van der Waals surface area contributed by atoms with Gasteiger partial charge in [0.15, 0.2) is 0 Å². The molecule has 0 saturated heterocycles. The predicted octanol–water partition coefficient (Wildman–Crippen LogP) is 7.35. The first-order chi connectivity index (χ1) is 22.6. The first-order valence-electron chi connectivity index (χ1n) is 16.1. The van der Waals surface area contributed by atoms with Crippen LogP contribution in [0.25, 0.3) is 0 Å². The Kier molecular flexibility index (Phi) is 11.5. The van der Waals surface area contributed by atoms with Crippen LogP contribution >= 0.6 is 15.9 Å². The van der Waals surface area contributed by atoms with E-state index in [-0.39, 0.29) is 29.8 Å². The largest absolute Gasteiger partial charge is 0.352 e. The summed E-state index contributed by atoms with van der Waals surface area (Å²) < 4.78 is 30.4. The van der Waals surface area contributed by atoms with Crippen molar-refractivity contribution in [3.63, 3.8) is 0 Å². The third kappa shape index (κ3) is 9.11. The molecule has 47 heavy (non-hydrogen) atoms. The monoisotopic (exact) mass is 715 g/mol. The molecule has 0 aromatic heterocycles. The van der Waals surface area contributed by atoms with Crippen molar-refractivity contribution in [2.75, 3.05) is 10.8 Å². The fourth-order valence-electron chi connectivity index (χ4n) is 6.01. The van der Waals surface area contributed by atoms with Crippen LogP contribution in [0.3, 0.4) is 0 Å². The number of rotatable bonds is 12. The Morgan fingerprint density at radius 2 is 1.43 bits per heavy atom. The molecule has 0 aliphatic heterocycles. The van der Waals surface area contributed by atoms with Crippen LogP contribution in [0.15, 0.2) is 112 Å². The van der Waals surface area contributed by atoms with E-state index in [1.807, 2.05) is 80.6 Å². The smallest absolute Gasteiger partial charge is 0.264 e. The lowest BCUT2D eigenvalue weighted by Gasteiger charge is -2.35. The summed E-state index contributed by atoms with van der Waals surface area (Å²) in [6, 6.07) is 30.1. The van der Waals surface area contributed by atoms with Gasteiger partial charge in [0.05, 0.1) is 10.6 Å². The lowest BCUT2D eigenvalue weighted by Crippen LogP contribution is -2.55. The fraction of sp³-hybridized carbons (Fsp3) is 0.316. The minimum atomic E-state index is -4.14. The molecule has 1 aliphatic carbocycles. The van der Waals surface area contributed by atoms with Gasteiger partial charge in [-0.3, -0.25) is 13.9 Å². The molecular formula is C38H42BrN3O4S. The second kappa shape index (κ2) is 15.8. The standard InChI is InChI=1S/C38H42BrN3O4S/c1-28-16-20-34(21-17-28)42(47(45,46)35-22-18-29(2)19-23-35)27-37(43)41(26-31-12-9-13-32(39)24-31)36(25-30-10-5-3-6-11-30)38(44)40-33-14-7-4-8-15-33/h3,5-6,9-13,16-24,33,36H,4,7-8,14-15,25-27H2,1-2H3,(H,40,44)/t36-/m1/s1. The molecule has 4 aromatic rings. The van der Waals surface area contributed by atoms with Gasteiger partial charge in [-0.2, -0.15) is 0 Å². The Hall–Kier alpha value is -3.95. The van der Waals surface area contributed by atoms with Crippen molar-refractivity contribution in [2.24, 2.45) is 0 Å². The molecule has 1 saturated carbocycles. The van der Waals surface area contributed by atoms with Crippen LogP contribution in [0.5, 0.6) is 0 Å². The van der Waals surface area contributed by atoms with E-state index in [2.05, 4.69) is 21.2 Å². The van der Waals surface area contributed by atoms with E-state index in [9.17, 15) is 18.0 Å². The van der Waals surface area contributed by atoms with Crippen molar-refractivity contribution in [1.82, 2.24) is 10.2 Å². The molecule has 0 spiro atoms. The number of nitrogens with one attached hydrogen (secondary N) is 1. The summed E-state index contributed by atoms with van der Waals surface area (Å²) in [6.07, 6.45) is 5.35. The van der Waals surface area contributed by atoms with E-state index in [1.165, 1.54) is 0 Å². The van der Waals surface area contributed by atoms with Gasteiger partial charge in [0, 0.05) is 23.5 Å². The van der Waals surface area contributed by atoms with Crippen molar-refractivity contribution in [3.8, 4) is 0 Å². The topological polar surface area (TPSA) is 86.8 Å². The van der Waals surface area contributed by atoms with Crippen LogP contribution in [-0.2, 0) is 32.6 Å². The molecule has 1 N–H and O–H groups in total. The van der Waals surface area contributed by atoms with Crippen LogP contribution < -0.4 is 9.62 Å². The Morgan fingerprint density at radius 3 is 2.06 bits per heavy atom. The highest BCUT2D eigenvalue weighted by molar-refractivity contribution is 9.10. The Bertz CT molecular complexity index is 1760. The average Bonchev–Trinajstić information content (AvgIpc) is 3.06. The highest BCUT2D eigenvalue weighted by Crippen LogP contribution is 2.26. The zero-order valence-corrected chi connectivity index (χ0v) is 29.3. The number of carbonyl (C=O) groups excluding carboxylic acids is 2. The highest BCUT2D eigenvalue weighted by Gasteiger charge is 2.35. The number of hydrogen-bond donors (Lipinski definition) is 1. The first kappa shape index (κ1) is 34.4. The number of carbonyl (C=O) groups is 2. The Labute approximate surface area is 287 Å². The fourth-order valence-corrected chi connectivity index (χ4v) is 7.87. The molecule has 0 radical (unpaired) electrons. The van der Waals surface area contributed by atoms with Crippen molar-refractivity contribution >= 4 is 43.5 Å². The summed E-state index contributed by atoms with van der Waals surface area (Å²) in [6.45, 7) is 3.46. The lowest BCUT2D eigenvalue weighted by molar-refractivity contribution is -0.140. The van der Waals surface area contributed by atoms with Gasteiger partial charge in [0.25, 0.3) is 10.0 Å². The maximum atomic E-state index is 14.7. The first-order valence-corrected chi connectivity index (χ1v) is 18.4.